The van der Waals surface area contributed by atoms with Crippen LogP contribution in [0.15, 0.2) is 91.0 Å². The second kappa shape index (κ2) is 20.5. The molecular weight excluding hydrogens is 1060 g/mol. The Morgan fingerprint density at radius 2 is 0.757 bits per heavy atom. The average Bonchev–Trinajstić information content (AvgIpc) is 3.39. The number of nitrogens with zero attached hydrogens (tertiary/aromatic N) is 1. The predicted molar refractivity (Wildman–Crippen MR) is 221 cm³/mol. The largest absolute Gasteiger partial charge is 0.419 e. The number of carbonyl (C=O) groups excluding carboxylic acids is 2. The molecule has 0 spiro atoms. The van der Waals surface area contributed by atoms with Crippen LogP contribution in [-0.4, -0.2) is 17.9 Å². The lowest BCUT2D eigenvalue weighted by atomic mass is 9.12. The highest BCUT2D eigenvalue weighted by Gasteiger charge is 2.52. The number of ketones is 1. The minimum Gasteiger partial charge on any atom is -0.419 e. The number of aromatic nitrogens is 1. The molecule has 8 aromatic rings. The first-order valence-corrected chi connectivity index (χ1v) is 20.4. The van der Waals surface area contributed by atoms with Crippen LogP contribution in [0.3, 0.4) is 0 Å². The average molecular weight is 1080 g/mol. The third kappa shape index (κ3) is 8.80. The van der Waals surface area contributed by atoms with Gasteiger partial charge in [0.2, 0.25) is 17.8 Å². The number of para-hydroxylation sites is 1. The van der Waals surface area contributed by atoms with Crippen molar-refractivity contribution in [2.75, 3.05) is 0 Å². The molecule has 0 radical (unpaired) electrons. The Morgan fingerprint density at radius 3 is 1.14 bits per heavy atom. The highest BCUT2D eigenvalue weighted by atomic mass is 35.5. The lowest BCUT2D eigenvalue weighted by Gasteiger charge is -2.44. The zero-order chi connectivity index (χ0) is 54.6. The summed E-state index contributed by atoms with van der Waals surface area (Å²) in [6.07, 6.45) is -7.22. The molecule has 1 aromatic heterocycles. The molecule has 0 amide bonds. The first-order chi connectivity index (χ1) is 34.8. The summed E-state index contributed by atoms with van der Waals surface area (Å²) in [5.41, 5.74) is -12.7. The molecule has 382 valence electrons. The summed E-state index contributed by atoms with van der Waals surface area (Å²) in [6, 6.07) is 26.8. The van der Waals surface area contributed by atoms with Gasteiger partial charge in [-0.25, -0.2) is 92.6 Å². The second-order valence-electron chi connectivity index (χ2n) is 15.3. The van der Waals surface area contributed by atoms with Crippen LogP contribution in [0.4, 0.5) is 87.8 Å². The summed E-state index contributed by atoms with van der Waals surface area (Å²) in [4.78, 5) is 25.8. The van der Waals surface area contributed by atoms with Gasteiger partial charge in [-0.1, -0.05) is 60.1 Å². The number of carbonyl (C=O) groups is 2. The van der Waals surface area contributed by atoms with E-state index in [-0.39, 0.29) is 18.0 Å². The Labute approximate surface area is 404 Å². The van der Waals surface area contributed by atoms with Gasteiger partial charge in [0, 0.05) is 28.1 Å². The van der Waals surface area contributed by atoms with Crippen LogP contribution in [0.5, 0.6) is 5.75 Å². The van der Waals surface area contributed by atoms with Crippen molar-refractivity contribution in [1.82, 2.24) is 0 Å². The highest BCUT2D eigenvalue weighted by molar-refractivity contribution is 7.20. The summed E-state index contributed by atoms with van der Waals surface area (Å²) >= 11 is 5.98. The van der Waals surface area contributed by atoms with Crippen molar-refractivity contribution < 1.29 is 107 Å². The van der Waals surface area contributed by atoms with Gasteiger partial charge in [-0.05, 0) is 30.3 Å². The zero-order valence-corrected chi connectivity index (χ0v) is 36.3. The molecule has 0 saturated heterocycles. The molecule has 0 unspecified atom stereocenters. The van der Waals surface area contributed by atoms with Crippen molar-refractivity contribution in [1.29, 1.82) is 0 Å². The number of pyridine rings is 1. The first-order valence-electron chi connectivity index (χ1n) is 20.0. The summed E-state index contributed by atoms with van der Waals surface area (Å²) in [5.74, 6) is -71.7. The summed E-state index contributed by atoms with van der Waals surface area (Å²) < 4.78 is 301. The maximum atomic E-state index is 15.4. The minimum absolute atomic E-state index is 0.0192. The zero-order valence-electron chi connectivity index (χ0n) is 35.6. The summed E-state index contributed by atoms with van der Waals surface area (Å²) in [5, 5.41) is 1.40. The molecule has 74 heavy (non-hydrogen) atoms. The van der Waals surface area contributed by atoms with Gasteiger partial charge < -0.3 is 4.74 Å². The number of esters is 1. The number of ether oxygens (including phenoxy) is 1. The van der Waals surface area contributed by atoms with Crippen LogP contribution >= 0.6 is 11.6 Å². The molecule has 8 rings (SSSR count). The molecule has 0 atom stereocenters. The lowest BCUT2D eigenvalue weighted by Crippen LogP contribution is -2.81. The van der Waals surface area contributed by atoms with Crippen LogP contribution in [0.1, 0.15) is 20.8 Å². The SMILES string of the molecule is Fc1c(F)c(F)c([B-](c2c(F)c(F)c(F)c(F)c2F)(c2c(F)c(F)c(F)c(F)c2F)c2c(F)c(F)c(F)c(F)c2F)c(F)c1F.O=C(C[n+]1c(C(=O)Oc2cccc(Cl)c2)ccc2ccccc21)c1ccccc1. The van der Waals surface area contributed by atoms with E-state index in [1.165, 1.54) is 0 Å². The number of halogens is 21. The fraction of sp³-hybridized carbons (Fsp3) is 0.0208. The Hall–Kier alpha value is -7.96. The van der Waals surface area contributed by atoms with Crippen molar-refractivity contribution in [2.24, 2.45) is 0 Å². The van der Waals surface area contributed by atoms with E-state index in [9.17, 15) is 62.3 Å². The molecule has 1 heterocycles. The van der Waals surface area contributed by atoms with Gasteiger partial charge in [0.15, 0.2) is 69.8 Å². The van der Waals surface area contributed by atoms with E-state index in [0.29, 0.717) is 16.3 Å². The molecule has 7 aromatic carbocycles. The minimum atomic E-state index is -7.22. The first kappa shape index (κ1) is 53.8. The number of rotatable bonds is 9. The van der Waals surface area contributed by atoms with Crippen molar-refractivity contribution in [3.63, 3.8) is 0 Å². The van der Waals surface area contributed by atoms with Gasteiger partial charge >= 0.3 is 5.97 Å². The number of Topliss-reactive ketones (excluding diaryl/α,β-unsaturated/α-hetero) is 1. The Kier molecular flexibility index (Phi) is 14.9. The number of fused-ring (bicyclic) bond motifs is 1. The molecule has 0 bridgehead atoms. The third-order valence-corrected chi connectivity index (χ3v) is 11.5. The monoisotopic (exact) mass is 1080 g/mol. The van der Waals surface area contributed by atoms with E-state index in [1.54, 1.807) is 47.0 Å². The molecule has 0 N–H and O–H groups in total. The Morgan fingerprint density at radius 1 is 0.405 bits per heavy atom. The Balaban J connectivity index is 0.000000237. The van der Waals surface area contributed by atoms with Crippen LogP contribution in [0.25, 0.3) is 10.9 Å². The molecule has 0 fully saturated rings. The molecule has 0 aliphatic carbocycles. The van der Waals surface area contributed by atoms with E-state index in [1.807, 2.05) is 48.5 Å². The normalized spacial score (nSPS) is 11.5. The molecule has 26 heteroatoms. The van der Waals surface area contributed by atoms with Crippen LogP contribution < -0.4 is 31.2 Å². The quantitative estimate of drug-likeness (QED) is 0.0212. The molecule has 4 nitrogen and oxygen atoms in total. The van der Waals surface area contributed by atoms with Gasteiger partial charge in [-0.2, -0.15) is 4.57 Å². The van der Waals surface area contributed by atoms with E-state index in [0.717, 1.165) is 10.9 Å². The lowest BCUT2D eigenvalue weighted by molar-refractivity contribution is -0.659. The molecule has 0 aliphatic rings. The number of benzene rings is 7. The maximum absolute atomic E-state index is 15.4. The summed E-state index contributed by atoms with van der Waals surface area (Å²) in [7, 11) is 0. The van der Waals surface area contributed by atoms with Gasteiger partial charge in [0.05, 0.1) is 0 Å². The van der Waals surface area contributed by atoms with E-state index in [4.69, 9.17) is 16.3 Å². The van der Waals surface area contributed by atoms with Crippen LogP contribution in [0, 0.1) is 116 Å². The summed E-state index contributed by atoms with van der Waals surface area (Å²) in [6.45, 7) is 0.0192. The fourth-order valence-electron chi connectivity index (χ4n) is 8.03. The fourth-order valence-corrected chi connectivity index (χ4v) is 8.21. The third-order valence-electron chi connectivity index (χ3n) is 11.3. The van der Waals surface area contributed by atoms with Crippen molar-refractivity contribution in [3.05, 3.63) is 224 Å². The highest BCUT2D eigenvalue weighted by Crippen LogP contribution is 2.31. The van der Waals surface area contributed by atoms with Crippen LogP contribution in [-0.2, 0) is 6.54 Å². The second-order valence-corrected chi connectivity index (χ2v) is 15.7. The van der Waals surface area contributed by atoms with Gasteiger partial charge in [0.1, 0.15) is 58.4 Å². The number of hydrogen-bond acceptors (Lipinski definition) is 3. The van der Waals surface area contributed by atoms with Gasteiger partial charge in [-0.15, -0.1) is 21.9 Å². The topological polar surface area (TPSA) is 47.2 Å². The molecule has 0 saturated carbocycles. The number of hydrogen-bond donors (Lipinski definition) is 0. The smallest absolute Gasteiger partial charge is 0.409 e. The molecular formula is C48H17BClF20NO3. The van der Waals surface area contributed by atoms with Crippen molar-refractivity contribution >= 4 is 62.3 Å². The standard InChI is InChI=1S/C24BF20.C24H17ClNO3/c26-5-1(6(27)14(35)21(42)13(5)34)25(2-7(28)15(36)22(43)16(37)8(2)29,3-9(30)17(38)23(44)18(39)10(3)31)4-11(32)19(40)24(45)20(41)12(4)33;25-19-10-6-11-20(15-19)29-24(28)22-14-13-17-7-4-5-12-21(17)26(22)16-23(27)18-8-2-1-3-9-18/h;1-15H,16H2/q-1;+1. The van der Waals surface area contributed by atoms with E-state index < -0.39 is 150 Å². The van der Waals surface area contributed by atoms with E-state index in [2.05, 4.69) is 0 Å². The van der Waals surface area contributed by atoms with E-state index >= 15 is 35.1 Å². The predicted octanol–water partition coefficient (Wildman–Crippen LogP) is 10.7. The van der Waals surface area contributed by atoms with Crippen molar-refractivity contribution in [3.8, 4) is 5.75 Å². The van der Waals surface area contributed by atoms with Crippen LogP contribution in [0.2, 0.25) is 5.02 Å². The van der Waals surface area contributed by atoms with Gasteiger partial charge in [-0.3, -0.25) is 4.79 Å². The van der Waals surface area contributed by atoms with Crippen molar-refractivity contribution in [2.45, 2.75) is 6.54 Å². The maximum Gasteiger partial charge on any atom is 0.409 e. The Bertz CT molecular complexity index is 3260. The van der Waals surface area contributed by atoms with Gasteiger partial charge in [0.25, 0.3) is 5.69 Å². The molecule has 0 aliphatic heterocycles.